The topological polar surface area (TPSA) is 12.4 Å². The van der Waals surface area contributed by atoms with E-state index >= 15 is 0 Å². The Kier molecular flexibility index (Phi) is 3.88. The number of aliphatic imine (C=N–C) groups is 1. The second kappa shape index (κ2) is 6.16. The second-order valence-corrected chi connectivity index (χ2v) is 4.89. The lowest BCUT2D eigenvalue weighted by Crippen LogP contribution is -1.87. The van der Waals surface area contributed by atoms with Crippen molar-refractivity contribution in [3.05, 3.63) is 83.9 Å². The molecule has 1 heteroatoms. The van der Waals surface area contributed by atoms with Crippen LogP contribution < -0.4 is 0 Å². The van der Waals surface area contributed by atoms with Crippen LogP contribution in [0.15, 0.2) is 77.8 Å². The van der Waals surface area contributed by atoms with E-state index in [-0.39, 0.29) is 0 Å². The van der Waals surface area contributed by atoms with Crippen LogP contribution in [-0.4, -0.2) is 6.21 Å². The van der Waals surface area contributed by atoms with Crippen molar-refractivity contribution in [2.75, 3.05) is 0 Å². The lowest BCUT2D eigenvalue weighted by molar-refractivity contribution is 1.07. The van der Waals surface area contributed by atoms with Crippen molar-refractivity contribution < 1.29 is 0 Å². The number of rotatable bonds is 4. The molecule has 3 rings (SSSR count). The van der Waals surface area contributed by atoms with Gasteiger partial charge in [0.1, 0.15) is 0 Å². The summed E-state index contributed by atoms with van der Waals surface area (Å²) in [6, 6.07) is 25.4. The molecule has 3 aromatic carbocycles. The minimum atomic E-state index is 0.748. The van der Waals surface area contributed by atoms with E-state index in [0.29, 0.717) is 0 Å². The fraction of sp³-hybridized carbons (Fsp3) is 0.105. The Morgan fingerprint density at radius 3 is 2.30 bits per heavy atom. The zero-order valence-corrected chi connectivity index (χ0v) is 11.4. The van der Waals surface area contributed by atoms with Gasteiger partial charge in [-0.2, -0.15) is 0 Å². The fourth-order valence-electron chi connectivity index (χ4n) is 2.29. The molecule has 0 aliphatic carbocycles. The molecule has 0 saturated carbocycles. The zero-order valence-electron chi connectivity index (χ0n) is 11.4. The number of hydrogen-bond acceptors (Lipinski definition) is 1. The van der Waals surface area contributed by atoms with E-state index in [9.17, 15) is 0 Å². The van der Waals surface area contributed by atoms with Crippen molar-refractivity contribution in [2.24, 2.45) is 4.99 Å². The van der Waals surface area contributed by atoms with Crippen molar-refractivity contribution >= 4 is 17.0 Å². The number of hydrogen-bond donors (Lipinski definition) is 0. The summed E-state index contributed by atoms with van der Waals surface area (Å²) < 4.78 is 0. The van der Waals surface area contributed by atoms with Gasteiger partial charge in [-0.3, -0.25) is 4.99 Å². The zero-order chi connectivity index (χ0) is 13.6. The van der Waals surface area contributed by atoms with Crippen LogP contribution >= 0.6 is 0 Å². The molecule has 0 N–H and O–H groups in total. The highest BCUT2D eigenvalue weighted by molar-refractivity contribution is 5.83. The normalized spacial score (nSPS) is 11.2. The predicted octanol–water partition coefficient (Wildman–Crippen LogP) is 4.65. The lowest BCUT2D eigenvalue weighted by Gasteiger charge is -2.01. The smallest absolute Gasteiger partial charge is 0.0636 e. The number of benzene rings is 3. The van der Waals surface area contributed by atoms with E-state index in [1.165, 1.54) is 21.9 Å². The molecule has 0 aromatic heterocycles. The minimum Gasteiger partial charge on any atom is -0.292 e. The first-order valence-corrected chi connectivity index (χ1v) is 6.92. The number of fused-ring (bicyclic) bond motifs is 1. The van der Waals surface area contributed by atoms with Gasteiger partial charge < -0.3 is 0 Å². The minimum absolute atomic E-state index is 0.748. The first-order valence-electron chi connectivity index (χ1n) is 6.92. The first kappa shape index (κ1) is 12.6. The van der Waals surface area contributed by atoms with Gasteiger partial charge in [0.05, 0.1) is 6.54 Å². The van der Waals surface area contributed by atoms with E-state index in [1.54, 1.807) is 0 Å². The van der Waals surface area contributed by atoms with Gasteiger partial charge in [-0.1, -0.05) is 66.7 Å². The van der Waals surface area contributed by atoms with Gasteiger partial charge in [0.25, 0.3) is 0 Å². The molecule has 0 saturated heterocycles. The maximum absolute atomic E-state index is 4.52. The molecule has 0 heterocycles. The molecule has 0 aliphatic heterocycles. The Labute approximate surface area is 119 Å². The van der Waals surface area contributed by atoms with Crippen LogP contribution in [0.25, 0.3) is 10.8 Å². The van der Waals surface area contributed by atoms with Gasteiger partial charge in [0.2, 0.25) is 0 Å². The standard InChI is InChI=1S/C19H17N/c1-2-6-16(7-3-1)12-13-20-15-17-10-11-18-8-4-5-9-19(18)14-17/h1-11,13-14H,12,15H2. The van der Waals surface area contributed by atoms with E-state index in [0.717, 1.165) is 13.0 Å². The summed E-state index contributed by atoms with van der Waals surface area (Å²) in [6.45, 7) is 0.748. The monoisotopic (exact) mass is 259 g/mol. The highest BCUT2D eigenvalue weighted by Gasteiger charge is 1.94. The molecule has 1 nitrogen and oxygen atoms in total. The van der Waals surface area contributed by atoms with Crippen LogP contribution in [0.2, 0.25) is 0 Å². The average molecular weight is 259 g/mol. The Hall–Kier alpha value is -2.41. The fourth-order valence-corrected chi connectivity index (χ4v) is 2.29. The number of nitrogens with zero attached hydrogens (tertiary/aromatic N) is 1. The van der Waals surface area contributed by atoms with Crippen molar-refractivity contribution in [3.63, 3.8) is 0 Å². The molecular formula is C19H17N. The highest BCUT2D eigenvalue weighted by atomic mass is 14.7. The molecule has 20 heavy (non-hydrogen) atoms. The summed E-state index contributed by atoms with van der Waals surface area (Å²) in [5.41, 5.74) is 2.56. The third kappa shape index (κ3) is 3.12. The lowest BCUT2D eigenvalue weighted by atomic mass is 10.1. The summed E-state index contributed by atoms with van der Waals surface area (Å²) in [5, 5.41) is 2.56. The Morgan fingerprint density at radius 2 is 1.45 bits per heavy atom. The van der Waals surface area contributed by atoms with Gasteiger partial charge in [-0.15, -0.1) is 0 Å². The van der Waals surface area contributed by atoms with Crippen molar-refractivity contribution in [1.82, 2.24) is 0 Å². The first-order chi connectivity index (χ1) is 9.92. The van der Waals surface area contributed by atoms with Crippen LogP contribution in [0, 0.1) is 0 Å². The summed E-state index contributed by atoms with van der Waals surface area (Å²) in [6.07, 6.45) is 2.90. The van der Waals surface area contributed by atoms with Crippen molar-refractivity contribution in [3.8, 4) is 0 Å². The van der Waals surface area contributed by atoms with Gasteiger partial charge >= 0.3 is 0 Å². The average Bonchev–Trinajstić information content (AvgIpc) is 2.52. The van der Waals surface area contributed by atoms with Gasteiger partial charge in [0.15, 0.2) is 0 Å². The Morgan fingerprint density at radius 1 is 0.700 bits per heavy atom. The molecular weight excluding hydrogens is 242 g/mol. The molecule has 0 spiro atoms. The molecule has 0 radical (unpaired) electrons. The molecule has 0 aliphatic rings. The van der Waals surface area contributed by atoms with Crippen LogP contribution in [-0.2, 0) is 13.0 Å². The van der Waals surface area contributed by atoms with Crippen molar-refractivity contribution in [1.29, 1.82) is 0 Å². The Balaban J connectivity index is 1.65. The van der Waals surface area contributed by atoms with Gasteiger partial charge in [0, 0.05) is 12.6 Å². The van der Waals surface area contributed by atoms with Gasteiger partial charge in [-0.25, -0.2) is 0 Å². The van der Waals surface area contributed by atoms with Crippen LogP contribution in [0.1, 0.15) is 11.1 Å². The van der Waals surface area contributed by atoms with E-state index < -0.39 is 0 Å². The largest absolute Gasteiger partial charge is 0.292 e. The predicted molar refractivity (Wildman–Crippen MR) is 86.3 cm³/mol. The summed E-state index contributed by atoms with van der Waals surface area (Å²) >= 11 is 0. The maximum Gasteiger partial charge on any atom is 0.0636 e. The van der Waals surface area contributed by atoms with Crippen molar-refractivity contribution in [2.45, 2.75) is 13.0 Å². The van der Waals surface area contributed by atoms with Gasteiger partial charge in [-0.05, 0) is 28.0 Å². The third-order valence-corrected chi connectivity index (χ3v) is 3.39. The molecule has 0 fully saturated rings. The third-order valence-electron chi connectivity index (χ3n) is 3.39. The van der Waals surface area contributed by atoms with Crippen LogP contribution in [0.4, 0.5) is 0 Å². The second-order valence-electron chi connectivity index (χ2n) is 4.89. The molecule has 0 bridgehead atoms. The molecule has 0 unspecified atom stereocenters. The SMILES string of the molecule is C(Cc1ccccc1)=NCc1ccc2ccccc2c1. The molecule has 98 valence electrons. The van der Waals surface area contributed by atoms with E-state index in [4.69, 9.17) is 0 Å². The van der Waals surface area contributed by atoms with E-state index in [1.807, 2.05) is 12.3 Å². The highest BCUT2D eigenvalue weighted by Crippen LogP contribution is 2.16. The Bertz CT molecular complexity index is 714. The van der Waals surface area contributed by atoms with Crippen LogP contribution in [0.5, 0.6) is 0 Å². The molecule has 0 amide bonds. The van der Waals surface area contributed by atoms with Crippen LogP contribution in [0.3, 0.4) is 0 Å². The quantitative estimate of drug-likeness (QED) is 0.605. The van der Waals surface area contributed by atoms with E-state index in [2.05, 4.69) is 71.7 Å². The molecule has 3 aromatic rings. The summed E-state index contributed by atoms with van der Waals surface area (Å²) in [5.74, 6) is 0. The molecule has 0 atom stereocenters. The maximum atomic E-state index is 4.52. The summed E-state index contributed by atoms with van der Waals surface area (Å²) in [4.78, 5) is 4.52. The summed E-state index contributed by atoms with van der Waals surface area (Å²) in [7, 11) is 0.